The maximum Gasteiger partial charge on any atom is 0.387 e. The Kier molecular flexibility index (Phi) is 6.71. The van der Waals surface area contributed by atoms with E-state index in [2.05, 4.69) is 25.6 Å². The molecule has 0 bridgehead atoms. The van der Waals surface area contributed by atoms with E-state index >= 15 is 0 Å². The number of benzene rings is 2. The van der Waals surface area contributed by atoms with Crippen LogP contribution in [0.5, 0.6) is 5.75 Å². The van der Waals surface area contributed by atoms with E-state index in [4.69, 9.17) is 0 Å². The minimum absolute atomic E-state index is 0.00566. The Morgan fingerprint density at radius 3 is 2.61 bits per heavy atom. The SMILES string of the molecule is O=C(CSc1nnc(Nc2ccccc2F)s1)Nc1ccc(OC(F)F)cc1. The number of para-hydroxylation sites is 1. The number of nitrogens with one attached hydrogen (secondary N) is 2. The normalized spacial score (nSPS) is 10.7. The van der Waals surface area contributed by atoms with E-state index in [1.165, 1.54) is 53.4 Å². The van der Waals surface area contributed by atoms with Crippen LogP contribution in [0.15, 0.2) is 52.9 Å². The second-order valence-electron chi connectivity index (χ2n) is 5.22. The molecule has 3 aromatic rings. The van der Waals surface area contributed by atoms with Crippen LogP contribution in [0, 0.1) is 5.82 Å². The number of hydrogen-bond acceptors (Lipinski definition) is 7. The Bertz CT molecular complexity index is 938. The van der Waals surface area contributed by atoms with Crippen LogP contribution in [0.2, 0.25) is 0 Å². The van der Waals surface area contributed by atoms with Gasteiger partial charge in [-0.15, -0.1) is 10.2 Å². The molecule has 2 aromatic carbocycles. The van der Waals surface area contributed by atoms with Crippen LogP contribution in [0.25, 0.3) is 0 Å². The maximum atomic E-state index is 13.6. The molecule has 0 saturated carbocycles. The fourth-order valence-corrected chi connectivity index (χ4v) is 3.60. The quantitative estimate of drug-likeness (QED) is 0.506. The third-order valence-corrected chi connectivity index (χ3v) is 5.18. The summed E-state index contributed by atoms with van der Waals surface area (Å²) < 4.78 is 42.6. The summed E-state index contributed by atoms with van der Waals surface area (Å²) in [5.74, 6) is -0.627. The van der Waals surface area contributed by atoms with Crippen molar-refractivity contribution in [2.75, 3.05) is 16.4 Å². The topological polar surface area (TPSA) is 76.1 Å². The zero-order chi connectivity index (χ0) is 19.9. The minimum Gasteiger partial charge on any atom is -0.435 e. The first-order chi connectivity index (χ1) is 13.5. The Hall–Kier alpha value is -2.79. The number of amides is 1. The average Bonchev–Trinajstić information content (AvgIpc) is 3.11. The van der Waals surface area contributed by atoms with Gasteiger partial charge >= 0.3 is 6.61 Å². The summed E-state index contributed by atoms with van der Waals surface area (Å²) in [5, 5.41) is 13.7. The van der Waals surface area contributed by atoms with Crippen molar-refractivity contribution in [2.45, 2.75) is 11.0 Å². The zero-order valence-electron chi connectivity index (χ0n) is 14.1. The molecule has 3 rings (SSSR count). The molecule has 2 N–H and O–H groups in total. The van der Waals surface area contributed by atoms with Crippen molar-refractivity contribution in [3.05, 3.63) is 54.3 Å². The number of rotatable bonds is 8. The van der Waals surface area contributed by atoms with Crippen molar-refractivity contribution in [2.24, 2.45) is 0 Å². The molecule has 0 aliphatic heterocycles. The Labute approximate surface area is 166 Å². The van der Waals surface area contributed by atoms with Gasteiger partial charge in [0.15, 0.2) is 4.34 Å². The number of alkyl halides is 2. The fraction of sp³-hybridized carbons (Fsp3) is 0.118. The molecule has 0 spiro atoms. The molecule has 28 heavy (non-hydrogen) atoms. The summed E-state index contributed by atoms with van der Waals surface area (Å²) in [7, 11) is 0. The summed E-state index contributed by atoms with van der Waals surface area (Å²) >= 11 is 2.36. The van der Waals surface area contributed by atoms with Gasteiger partial charge in [0.25, 0.3) is 0 Å². The minimum atomic E-state index is -2.90. The van der Waals surface area contributed by atoms with Gasteiger partial charge in [-0.05, 0) is 36.4 Å². The molecule has 0 saturated heterocycles. The van der Waals surface area contributed by atoms with E-state index < -0.39 is 12.4 Å². The summed E-state index contributed by atoms with van der Waals surface area (Å²) in [6, 6.07) is 11.8. The summed E-state index contributed by atoms with van der Waals surface area (Å²) in [4.78, 5) is 12.0. The number of hydrogen-bond donors (Lipinski definition) is 2. The summed E-state index contributed by atoms with van der Waals surface area (Å²) in [5.41, 5.74) is 0.735. The number of carbonyl (C=O) groups excluding carboxylic acids is 1. The van der Waals surface area contributed by atoms with Crippen LogP contribution in [0.4, 0.5) is 29.7 Å². The molecular formula is C17H13F3N4O2S2. The Morgan fingerprint density at radius 1 is 1.14 bits per heavy atom. The van der Waals surface area contributed by atoms with Crippen LogP contribution < -0.4 is 15.4 Å². The monoisotopic (exact) mass is 426 g/mol. The molecule has 0 aliphatic rings. The van der Waals surface area contributed by atoms with Gasteiger partial charge in [-0.3, -0.25) is 4.79 Å². The Balaban J connectivity index is 1.48. The van der Waals surface area contributed by atoms with Crippen LogP contribution in [-0.2, 0) is 4.79 Å². The van der Waals surface area contributed by atoms with Gasteiger partial charge in [0.1, 0.15) is 11.6 Å². The van der Waals surface area contributed by atoms with Gasteiger partial charge in [0.2, 0.25) is 11.0 Å². The third-order valence-electron chi connectivity index (χ3n) is 3.21. The lowest BCUT2D eigenvalue weighted by Crippen LogP contribution is -2.13. The van der Waals surface area contributed by atoms with E-state index in [1.807, 2.05) is 0 Å². The largest absolute Gasteiger partial charge is 0.435 e. The summed E-state index contributed by atoms with van der Waals surface area (Å²) in [6.45, 7) is -2.90. The molecule has 0 atom stereocenters. The molecule has 0 aliphatic carbocycles. The average molecular weight is 426 g/mol. The van der Waals surface area contributed by atoms with Crippen LogP contribution >= 0.6 is 23.1 Å². The molecule has 1 aromatic heterocycles. The number of nitrogens with zero attached hydrogens (tertiary/aromatic N) is 2. The highest BCUT2D eigenvalue weighted by Crippen LogP contribution is 2.28. The van der Waals surface area contributed by atoms with E-state index in [1.54, 1.807) is 18.2 Å². The van der Waals surface area contributed by atoms with Crippen LogP contribution in [-0.4, -0.2) is 28.5 Å². The predicted molar refractivity (Wildman–Crippen MR) is 102 cm³/mol. The van der Waals surface area contributed by atoms with E-state index in [0.29, 0.717) is 15.2 Å². The molecule has 0 unspecified atom stereocenters. The number of anilines is 3. The fourth-order valence-electron chi connectivity index (χ4n) is 2.04. The van der Waals surface area contributed by atoms with Gasteiger partial charge in [-0.2, -0.15) is 8.78 Å². The second-order valence-corrected chi connectivity index (χ2v) is 7.42. The molecule has 1 amide bonds. The zero-order valence-corrected chi connectivity index (χ0v) is 15.7. The van der Waals surface area contributed by atoms with Crippen LogP contribution in [0.3, 0.4) is 0 Å². The molecule has 11 heteroatoms. The number of aromatic nitrogens is 2. The van der Waals surface area contributed by atoms with E-state index in [0.717, 1.165) is 0 Å². The smallest absolute Gasteiger partial charge is 0.387 e. The molecule has 0 radical (unpaired) electrons. The lowest BCUT2D eigenvalue weighted by atomic mass is 10.3. The first-order valence-electron chi connectivity index (χ1n) is 7.82. The number of halogens is 3. The van der Waals surface area contributed by atoms with Gasteiger partial charge in [0, 0.05) is 5.69 Å². The first kappa shape index (κ1) is 20.0. The molecule has 146 valence electrons. The van der Waals surface area contributed by atoms with Gasteiger partial charge in [-0.25, -0.2) is 4.39 Å². The van der Waals surface area contributed by atoms with Crippen molar-refractivity contribution in [1.82, 2.24) is 10.2 Å². The van der Waals surface area contributed by atoms with E-state index in [-0.39, 0.29) is 23.1 Å². The number of thioether (sulfide) groups is 1. The van der Waals surface area contributed by atoms with Gasteiger partial charge < -0.3 is 15.4 Å². The Morgan fingerprint density at radius 2 is 1.89 bits per heavy atom. The summed E-state index contributed by atoms with van der Waals surface area (Å²) in [6.07, 6.45) is 0. The highest BCUT2D eigenvalue weighted by molar-refractivity contribution is 8.01. The van der Waals surface area contributed by atoms with Crippen molar-refractivity contribution < 1.29 is 22.7 Å². The third kappa shape index (κ3) is 5.86. The standard InChI is InChI=1S/C17H13F3N4O2S2/c18-12-3-1-2-4-13(12)22-16-23-24-17(28-16)27-9-14(25)21-10-5-7-11(8-6-10)26-15(19)20/h1-8,15H,9H2,(H,21,25)(H,22,23). The van der Waals surface area contributed by atoms with Crippen molar-refractivity contribution in [1.29, 1.82) is 0 Å². The second kappa shape index (κ2) is 9.42. The predicted octanol–water partition coefficient (Wildman–Crippen LogP) is 4.75. The molecular weight excluding hydrogens is 413 g/mol. The highest BCUT2D eigenvalue weighted by Gasteiger charge is 2.10. The number of carbonyl (C=O) groups is 1. The van der Waals surface area contributed by atoms with Gasteiger partial charge in [0.05, 0.1) is 11.4 Å². The van der Waals surface area contributed by atoms with Gasteiger partial charge in [-0.1, -0.05) is 35.2 Å². The van der Waals surface area contributed by atoms with Crippen LogP contribution in [0.1, 0.15) is 0 Å². The first-order valence-corrected chi connectivity index (χ1v) is 9.62. The van der Waals surface area contributed by atoms with Crippen molar-refractivity contribution in [3.63, 3.8) is 0 Å². The maximum absolute atomic E-state index is 13.6. The lowest BCUT2D eigenvalue weighted by molar-refractivity contribution is -0.113. The van der Waals surface area contributed by atoms with E-state index in [9.17, 15) is 18.0 Å². The highest BCUT2D eigenvalue weighted by atomic mass is 32.2. The molecule has 1 heterocycles. The molecule has 6 nitrogen and oxygen atoms in total. The number of ether oxygens (including phenoxy) is 1. The van der Waals surface area contributed by atoms with Crippen molar-refractivity contribution >= 4 is 45.5 Å². The molecule has 0 fully saturated rings. The van der Waals surface area contributed by atoms with Crippen molar-refractivity contribution in [3.8, 4) is 5.75 Å². The lowest BCUT2D eigenvalue weighted by Gasteiger charge is -2.07.